The van der Waals surface area contributed by atoms with Gasteiger partial charge in [0.05, 0.1) is 12.1 Å². The number of ether oxygens (including phenoxy) is 2. The molecule has 0 aliphatic heterocycles. The van der Waals surface area contributed by atoms with Crippen molar-refractivity contribution in [2.45, 2.75) is 19.5 Å². The molecule has 0 radical (unpaired) electrons. The van der Waals surface area contributed by atoms with Crippen LogP contribution in [0.2, 0.25) is 10.0 Å². The Bertz CT molecular complexity index is 845. The zero-order chi connectivity index (χ0) is 20.7. The first-order valence-corrected chi connectivity index (χ1v) is 9.33. The molecule has 6 nitrogen and oxygen atoms in total. The number of nitrogens with zero attached hydrogens (tertiary/aromatic N) is 1. The molecule has 0 saturated heterocycles. The molecule has 2 aromatic rings. The van der Waals surface area contributed by atoms with Crippen LogP contribution >= 0.6 is 23.2 Å². The normalized spacial score (nSPS) is 11.5. The largest absolute Gasteiger partial charge is 0.497 e. The summed E-state index contributed by atoms with van der Waals surface area (Å²) in [6, 6.07) is 11.4. The summed E-state index contributed by atoms with van der Waals surface area (Å²) in [5.41, 5.74) is 0.827. The summed E-state index contributed by atoms with van der Waals surface area (Å²) < 4.78 is 10.8. The molecule has 0 aromatic heterocycles. The minimum Gasteiger partial charge on any atom is -0.497 e. The predicted octanol–water partition coefficient (Wildman–Crippen LogP) is 3.54. The van der Waals surface area contributed by atoms with Gasteiger partial charge in [-0.05, 0) is 42.8 Å². The van der Waals surface area contributed by atoms with Crippen LogP contribution in [0.4, 0.5) is 0 Å². The minimum atomic E-state index is -0.687. The van der Waals surface area contributed by atoms with Crippen molar-refractivity contribution in [3.63, 3.8) is 0 Å². The van der Waals surface area contributed by atoms with E-state index in [1.807, 2.05) is 24.3 Å². The average molecular weight is 425 g/mol. The molecule has 8 heteroatoms. The number of methoxy groups -OCH3 is 1. The van der Waals surface area contributed by atoms with Crippen LogP contribution in [0.1, 0.15) is 12.5 Å². The Morgan fingerprint density at radius 1 is 1.18 bits per heavy atom. The molecule has 2 amide bonds. The number of amides is 2. The summed E-state index contributed by atoms with van der Waals surface area (Å²) in [5, 5.41) is 3.34. The van der Waals surface area contributed by atoms with E-state index in [9.17, 15) is 9.59 Å². The molecule has 2 aromatic carbocycles. The van der Waals surface area contributed by atoms with Gasteiger partial charge >= 0.3 is 0 Å². The lowest BCUT2D eigenvalue weighted by Crippen LogP contribution is -2.48. The van der Waals surface area contributed by atoms with E-state index in [4.69, 9.17) is 32.7 Å². The van der Waals surface area contributed by atoms with Gasteiger partial charge in [0.2, 0.25) is 5.91 Å². The smallest absolute Gasteiger partial charge is 0.261 e. The zero-order valence-electron chi connectivity index (χ0n) is 15.9. The van der Waals surface area contributed by atoms with E-state index in [0.717, 1.165) is 5.56 Å². The first-order valence-electron chi connectivity index (χ1n) is 8.57. The third-order valence-electron chi connectivity index (χ3n) is 4.15. The average Bonchev–Trinajstić information content (AvgIpc) is 2.70. The quantitative estimate of drug-likeness (QED) is 0.703. The highest BCUT2D eigenvalue weighted by atomic mass is 35.5. The Kier molecular flexibility index (Phi) is 7.96. The molecule has 0 fully saturated rings. The molecular weight excluding hydrogens is 403 g/mol. The number of rotatable bonds is 8. The van der Waals surface area contributed by atoms with Crippen molar-refractivity contribution in [2.24, 2.45) is 0 Å². The van der Waals surface area contributed by atoms with Crippen LogP contribution in [-0.4, -0.2) is 43.5 Å². The second kappa shape index (κ2) is 10.2. The van der Waals surface area contributed by atoms with Crippen LogP contribution in [0.25, 0.3) is 0 Å². The van der Waals surface area contributed by atoms with E-state index < -0.39 is 6.04 Å². The molecule has 0 aliphatic carbocycles. The van der Waals surface area contributed by atoms with Crippen LogP contribution < -0.4 is 14.8 Å². The second-order valence-corrected chi connectivity index (χ2v) is 6.87. The summed E-state index contributed by atoms with van der Waals surface area (Å²) in [7, 11) is 3.09. The minimum absolute atomic E-state index is 0.225. The second-order valence-electron chi connectivity index (χ2n) is 6.03. The number of hydrogen-bond acceptors (Lipinski definition) is 4. The maximum atomic E-state index is 12.8. The number of carbonyl (C=O) groups excluding carboxylic acids is 2. The SMILES string of the molecule is CNC(=O)[C@H](C)N(Cc1cccc(OC)c1)C(=O)COc1ccc(Cl)cc1Cl. The maximum absolute atomic E-state index is 12.8. The number of halogens is 2. The number of benzene rings is 2. The molecule has 0 spiro atoms. The topological polar surface area (TPSA) is 67.9 Å². The highest BCUT2D eigenvalue weighted by molar-refractivity contribution is 6.35. The summed E-state index contributed by atoms with van der Waals surface area (Å²) in [6.07, 6.45) is 0. The molecule has 1 atom stereocenters. The van der Waals surface area contributed by atoms with Gasteiger partial charge in [0.25, 0.3) is 5.91 Å². The van der Waals surface area contributed by atoms with Crippen LogP contribution in [0, 0.1) is 0 Å². The first kappa shape index (κ1) is 21.9. The van der Waals surface area contributed by atoms with Crippen LogP contribution in [0.3, 0.4) is 0 Å². The Morgan fingerprint density at radius 2 is 1.93 bits per heavy atom. The predicted molar refractivity (Wildman–Crippen MR) is 109 cm³/mol. The van der Waals surface area contributed by atoms with Gasteiger partial charge in [-0.2, -0.15) is 0 Å². The molecule has 0 heterocycles. The number of likely N-dealkylation sites (N-methyl/N-ethyl adjacent to an activating group) is 1. The van der Waals surface area contributed by atoms with E-state index >= 15 is 0 Å². The van der Waals surface area contributed by atoms with Crippen molar-refractivity contribution in [1.29, 1.82) is 0 Å². The van der Waals surface area contributed by atoms with Crippen LogP contribution in [0.15, 0.2) is 42.5 Å². The van der Waals surface area contributed by atoms with E-state index in [1.165, 1.54) is 18.0 Å². The van der Waals surface area contributed by atoms with Crippen molar-refractivity contribution in [3.8, 4) is 11.5 Å². The summed E-state index contributed by atoms with van der Waals surface area (Å²) >= 11 is 11.9. The summed E-state index contributed by atoms with van der Waals surface area (Å²) in [4.78, 5) is 26.4. The lowest BCUT2D eigenvalue weighted by atomic mass is 10.1. The molecule has 0 unspecified atom stereocenters. The standard InChI is InChI=1S/C20H22Cl2N2O4/c1-13(20(26)23-2)24(11-14-5-4-6-16(9-14)27-3)19(25)12-28-18-8-7-15(21)10-17(18)22/h4-10,13H,11-12H2,1-3H3,(H,23,26)/t13-/m0/s1. The van der Waals surface area contributed by atoms with Crippen LogP contribution in [-0.2, 0) is 16.1 Å². The van der Waals surface area contributed by atoms with Crippen molar-refractivity contribution in [1.82, 2.24) is 10.2 Å². The maximum Gasteiger partial charge on any atom is 0.261 e. The van der Waals surface area contributed by atoms with E-state index in [2.05, 4.69) is 5.32 Å². The fraction of sp³-hybridized carbons (Fsp3) is 0.300. The third kappa shape index (κ3) is 5.78. The van der Waals surface area contributed by atoms with E-state index in [-0.39, 0.29) is 25.0 Å². The highest BCUT2D eigenvalue weighted by Gasteiger charge is 2.26. The van der Waals surface area contributed by atoms with Gasteiger partial charge < -0.3 is 19.7 Å². The molecule has 150 valence electrons. The van der Waals surface area contributed by atoms with Crippen molar-refractivity contribution >= 4 is 35.0 Å². The van der Waals surface area contributed by atoms with Gasteiger partial charge in [0, 0.05) is 18.6 Å². The lowest BCUT2D eigenvalue weighted by molar-refractivity contribution is -0.142. The molecular formula is C20H22Cl2N2O4. The summed E-state index contributed by atoms with van der Waals surface area (Å²) in [5.74, 6) is 0.376. The fourth-order valence-electron chi connectivity index (χ4n) is 2.57. The monoisotopic (exact) mass is 424 g/mol. The first-order chi connectivity index (χ1) is 13.3. The van der Waals surface area contributed by atoms with Gasteiger partial charge in [-0.3, -0.25) is 9.59 Å². The van der Waals surface area contributed by atoms with Gasteiger partial charge in [0.1, 0.15) is 17.5 Å². The molecule has 28 heavy (non-hydrogen) atoms. The Hall–Kier alpha value is -2.44. The number of nitrogens with one attached hydrogen (secondary N) is 1. The van der Waals surface area contributed by atoms with E-state index in [0.29, 0.717) is 21.5 Å². The zero-order valence-corrected chi connectivity index (χ0v) is 17.4. The van der Waals surface area contributed by atoms with Gasteiger partial charge in [-0.25, -0.2) is 0 Å². The van der Waals surface area contributed by atoms with Gasteiger partial charge in [-0.1, -0.05) is 35.3 Å². The van der Waals surface area contributed by atoms with E-state index in [1.54, 1.807) is 26.2 Å². The van der Waals surface area contributed by atoms with Crippen molar-refractivity contribution in [3.05, 3.63) is 58.1 Å². The molecule has 0 saturated carbocycles. The van der Waals surface area contributed by atoms with Gasteiger partial charge in [-0.15, -0.1) is 0 Å². The van der Waals surface area contributed by atoms with Gasteiger partial charge in [0.15, 0.2) is 6.61 Å². The molecule has 2 rings (SSSR count). The third-order valence-corrected chi connectivity index (χ3v) is 4.68. The van der Waals surface area contributed by atoms with Crippen molar-refractivity contribution < 1.29 is 19.1 Å². The fourth-order valence-corrected chi connectivity index (χ4v) is 3.04. The number of hydrogen-bond donors (Lipinski definition) is 1. The lowest BCUT2D eigenvalue weighted by Gasteiger charge is -2.28. The number of carbonyl (C=O) groups is 2. The highest BCUT2D eigenvalue weighted by Crippen LogP contribution is 2.27. The molecule has 0 bridgehead atoms. The van der Waals surface area contributed by atoms with Crippen molar-refractivity contribution in [2.75, 3.05) is 20.8 Å². The molecule has 0 aliphatic rings. The Morgan fingerprint density at radius 3 is 2.57 bits per heavy atom. The molecule has 1 N–H and O–H groups in total. The Balaban J connectivity index is 2.17. The summed E-state index contributed by atoms with van der Waals surface area (Å²) in [6.45, 7) is 1.61. The Labute approximate surface area is 174 Å². The van der Waals surface area contributed by atoms with Crippen LogP contribution in [0.5, 0.6) is 11.5 Å².